The number of aliphatic carboxylic acids is 1. The molecule has 23 heavy (non-hydrogen) atoms. The number of rotatable bonds is 5. The van der Waals surface area contributed by atoms with E-state index in [4.69, 9.17) is 27.9 Å². The second-order valence-electron chi connectivity index (χ2n) is 4.65. The molecule has 1 amide bonds. The third-order valence-electron chi connectivity index (χ3n) is 3.00. The van der Waals surface area contributed by atoms with Crippen LogP contribution in [-0.2, 0) is 16.1 Å². The van der Waals surface area contributed by atoms with E-state index in [9.17, 15) is 14.7 Å². The molecule has 0 aliphatic rings. The van der Waals surface area contributed by atoms with Crippen LogP contribution >= 0.6 is 23.2 Å². The Labute approximate surface area is 142 Å². The van der Waals surface area contributed by atoms with E-state index in [0.29, 0.717) is 10.6 Å². The minimum Gasteiger partial charge on any atom is -0.479 e. The molecule has 0 fully saturated rings. The molecule has 0 bridgehead atoms. The van der Waals surface area contributed by atoms with Crippen molar-refractivity contribution in [3.8, 4) is 0 Å². The fourth-order valence-corrected chi connectivity index (χ4v) is 2.17. The molecule has 2 aromatic carbocycles. The first kappa shape index (κ1) is 17.1. The molecule has 2 N–H and O–H groups in total. The average Bonchev–Trinajstić information content (AvgIpc) is 2.54. The number of benzene rings is 2. The van der Waals surface area contributed by atoms with Crippen molar-refractivity contribution in [3.63, 3.8) is 0 Å². The number of amides is 1. The lowest BCUT2D eigenvalue weighted by Crippen LogP contribution is -2.34. The zero-order valence-corrected chi connectivity index (χ0v) is 13.3. The number of hydrogen-bond donors (Lipinski definition) is 2. The van der Waals surface area contributed by atoms with Gasteiger partial charge in [-0.25, -0.2) is 9.59 Å². The van der Waals surface area contributed by atoms with Crippen molar-refractivity contribution in [1.82, 2.24) is 5.32 Å². The highest BCUT2D eigenvalue weighted by atomic mass is 35.5. The normalized spacial score (nSPS) is 11.6. The number of ether oxygens (including phenoxy) is 1. The average molecular weight is 354 g/mol. The minimum atomic E-state index is -1.28. The van der Waals surface area contributed by atoms with Gasteiger partial charge in [-0.15, -0.1) is 0 Å². The van der Waals surface area contributed by atoms with E-state index in [-0.39, 0.29) is 11.6 Å². The van der Waals surface area contributed by atoms with Gasteiger partial charge in [0, 0.05) is 0 Å². The number of halogens is 2. The molecule has 0 heterocycles. The Balaban J connectivity index is 2.02. The van der Waals surface area contributed by atoms with E-state index in [2.05, 4.69) is 5.32 Å². The van der Waals surface area contributed by atoms with Crippen LogP contribution < -0.4 is 5.32 Å². The van der Waals surface area contributed by atoms with Crippen LogP contribution in [0.2, 0.25) is 10.0 Å². The predicted molar refractivity (Wildman–Crippen MR) is 86.6 cm³/mol. The van der Waals surface area contributed by atoms with Crippen molar-refractivity contribution >= 4 is 35.3 Å². The summed E-state index contributed by atoms with van der Waals surface area (Å²) in [4.78, 5) is 23.2. The Morgan fingerprint density at radius 1 is 1.09 bits per heavy atom. The van der Waals surface area contributed by atoms with Crippen molar-refractivity contribution in [3.05, 3.63) is 69.7 Å². The third-order valence-corrected chi connectivity index (χ3v) is 3.74. The molecule has 1 atom stereocenters. The molecular weight excluding hydrogens is 341 g/mol. The van der Waals surface area contributed by atoms with Gasteiger partial charge in [0.1, 0.15) is 6.61 Å². The van der Waals surface area contributed by atoms with Crippen molar-refractivity contribution < 1.29 is 19.4 Å². The maximum atomic E-state index is 11.8. The number of nitrogens with one attached hydrogen (secondary N) is 1. The molecule has 120 valence electrons. The maximum absolute atomic E-state index is 11.8. The summed E-state index contributed by atoms with van der Waals surface area (Å²) in [7, 11) is 0. The second-order valence-corrected chi connectivity index (χ2v) is 5.47. The Kier molecular flexibility index (Phi) is 5.84. The first-order chi connectivity index (χ1) is 11.0. The van der Waals surface area contributed by atoms with E-state index in [1.807, 2.05) is 18.2 Å². The standard InChI is InChI=1S/C16H13Cl2NO4/c17-12-7-6-11(8-13(12)18)14(15(20)21)19-16(22)23-9-10-4-2-1-3-5-10/h1-8,14H,9H2,(H,19,22)(H,20,21)/t14-/m1/s1. The van der Waals surface area contributed by atoms with Crippen molar-refractivity contribution in [2.75, 3.05) is 0 Å². The van der Waals surface area contributed by atoms with Gasteiger partial charge in [0.05, 0.1) is 10.0 Å². The summed E-state index contributed by atoms with van der Waals surface area (Å²) in [5.41, 5.74) is 1.09. The van der Waals surface area contributed by atoms with Crippen LogP contribution in [-0.4, -0.2) is 17.2 Å². The lowest BCUT2D eigenvalue weighted by atomic mass is 10.1. The number of carbonyl (C=O) groups excluding carboxylic acids is 1. The van der Waals surface area contributed by atoms with E-state index < -0.39 is 18.1 Å². The van der Waals surface area contributed by atoms with E-state index in [0.717, 1.165) is 5.56 Å². The fourth-order valence-electron chi connectivity index (χ4n) is 1.86. The van der Waals surface area contributed by atoms with Gasteiger partial charge in [-0.05, 0) is 23.3 Å². The molecule has 0 aliphatic carbocycles. The molecule has 0 radical (unpaired) electrons. The Hall–Kier alpha value is -2.24. The van der Waals surface area contributed by atoms with Crippen LogP contribution in [0.5, 0.6) is 0 Å². The number of carboxylic acids is 1. The van der Waals surface area contributed by atoms with E-state index >= 15 is 0 Å². The Bertz CT molecular complexity index is 706. The Morgan fingerprint density at radius 3 is 2.39 bits per heavy atom. The van der Waals surface area contributed by atoms with Gasteiger partial charge in [0.2, 0.25) is 0 Å². The molecule has 2 aromatic rings. The summed E-state index contributed by atoms with van der Waals surface area (Å²) in [6.07, 6.45) is -0.840. The predicted octanol–water partition coefficient (Wildman–Crippen LogP) is 4.05. The lowest BCUT2D eigenvalue weighted by Gasteiger charge is -2.15. The summed E-state index contributed by atoms with van der Waals surface area (Å²) in [5.74, 6) is -1.24. The van der Waals surface area contributed by atoms with Crippen molar-refractivity contribution in [2.24, 2.45) is 0 Å². The summed E-state index contributed by atoms with van der Waals surface area (Å²) < 4.78 is 5.01. The topological polar surface area (TPSA) is 75.6 Å². The maximum Gasteiger partial charge on any atom is 0.408 e. The van der Waals surface area contributed by atoms with Gasteiger partial charge in [-0.3, -0.25) is 0 Å². The third kappa shape index (κ3) is 4.87. The first-order valence-corrected chi connectivity index (χ1v) is 7.38. The van der Waals surface area contributed by atoms with Crippen LogP contribution in [0.4, 0.5) is 4.79 Å². The summed E-state index contributed by atoms with van der Waals surface area (Å²) in [6, 6.07) is 12.1. The second kappa shape index (κ2) is 7.85. The van der Waals surface area contributed by atoms with Crippen LogP contribution in [0.3, 0.4) is 0 Å². The number of carbonyl (C=O) groups is 2. The van der Waals surface area contributed by atoms with Gasteiger partial charge in [-0.2, -0.15) is 0 Å². The zero-order chi connectivity index (χ0) is 16.8. The number of alkyl carbamates (subject to hydrolysis) is 1. The number of carboxylic acid groups (broad SMARTS) is 1. The number of hydrogen-bond acceptors (Lipinski definition) is 3. The van der Waals surface area contributed by atoms with Gasteiger partial charge in [-0.1, -0.05) is 59.6 Å². The van der Waals surface area contributed by atoms with Crippen LogP contribution in [0, 0.1) is 0 Å². The molecule has 7 heteroatoms. The first-order valence-electron chi connectivity index (χ1n) is 6.62. The summed E-state index contributed by atoms with van der Waals surface area (Å²) in [5, 5.41) is 12.1. The lowest BCUT2D eigenvalue weighted by molar-refractivity contribution is -0.139. The molecule has 2 rings (SSSR count). The van der Waals surface area contributed by atoms with E-state index in [1.54, 1.807) is 12.1 Å². The van der Waals surface area contributed by atoms with E-state index in [1.165, 1.54) is 18.2 Å². The molecule has 5 nitrogen and oxygen atoms in total. The van der Waals surface area contributed by atoms with Crippen molar-refractivity contribution in [2.45, 2.75) is 12.6 Å². The van der Waals surface area contributed by atoms with Crippen LogP contribution in [0.25, 0.3) is 0 Å². The smallest absolute Gasteiger partial charge is 0.408 e. The Morgan fingerprint density at radius 2 is 1.78 bits per heavy atom. The van der Waals surface area contributed by atoms with Crippen LogP contribution in [0.1, 0.15) is 17.2 Å². The molecule has 0 unspecified atom stereocenters. The fraction of sp³-hybridized carbons (Fsp3) is 0.125. The van der Waals surface area contributed by atoms with Gasteiger partial charge >= 0.3 is 12.1 Å². The highest BCUT2D eigenvalue weighted by molar-refractivity contribution is 6.42. The van der Waals surface area contributed by atoms with Gasteiger partial charge in [0.25, 0.3) is 0 Å². The van der Waals surface area contributed by atoms with Gasteiger partial charge < -0.3 is 15.2 Å². The largest absolute Gasteiger partial charge is 0.479 e. The SMILES string of the molecule is O=C(N[C@@H](C(=O)O)c1ccc(Cl)c(Cl)c1)OCc1ccccc1. The molecule has 0 saturated carbocycles. The highest BCUT2D eigenvalue weighted by Gasteiger charge is 2.23. The molecular formula is C16H13Cl2NO4. The molecule has 0 saturated heterocycles. The van der Waals surface area contributed by atoms with Crippen molar-refractivity contribution in [1.29, 1.82) is 0 Å². The highest BCUT2D eigenvalue weighted by Crippen LogP contribution is 2.26. The van der Waals surface area contributed by atoms with Gasteiger partial charge in [0.15, 0.2) is 6.04 Å². The zero-order valence-electron chi connectivity index (χ0n) is 11.8. The quantitative estimate of drug-likeness (QED) is 0.850. The summed E-state index contributed by atoms with van der Waals surface area (Å²) >= 11 is 11.7. The molecule has 0 aliphatic heterocycles. The monoisotopic (exact) mass is 353 g/mol. The summed E-state index contributed by atoms with van der Waals surface area (Å²) in [6.45, 7) is 0.0420. The minimum absolute atomic E-state index is 0.0420. The molecule has 0 aromatic heterocycles. The van der Waals surface area contributed by atoms with Crippen LogP contribution in [0.15, 0.2) is 48.5 Å². The molecule has 0 spiro atoms.